The van der Waals surface area contributed by atoms with Crippen LogP contribution in [0.2, 0.25) is 0 Å². The Morgan fingerprint density at radius 1 is 0.962 bits per heavy atom. The minimum Gasteiger partial charge on any atom is -0.326 e. The van der Waals surface area contributed by atoms with Crippen LogP contribution in [0.25, 0.3) is 0 Å². The first-order chi connectivity index (χ1) is 12.7. The van der Waals surface area contributed by atoms with Crippen molar-refractivity contribution < 1.29 is 4.79 Å². The van der Waals surface area contributed by atoms with Gasteiger partial charge in [-0.05, 0) is 79.5 Å². The fourth-order valence-electron chi connectivity index (χ4n) is 3.66. The van der Waals surface area contributed by atoms with Crippen LogP contribution in [0.4, 0.5) is 5.69 Å². The first-order valence-corrected chi connectivity index (χ1v) is 8.98. The van der Waals surface area contributed by atoms with Crippen LogP contribution in [-0.4, -0.2) is 5.91 Å². The zero-order valence-corrected chi connectivity index (χ0v) is 14.6. The van der Waals surface area contributed by atoms with Crippen LogP contribution in [0.15, 0.2) is 48.5 Å². The molecule has 0 atom stereocenters. The summed E-state index contributed by atoms with van der Waals surface area (Å²) in [6.07, 6.45) is 4.71. The summed E-state index contributed by atoms with van der Waals surface area (Å²) in [7, 11) is 0. The highest BCUT2D eigenvalue weighted by atomic mass is 16.1. The molecule has 1 N–H and O–H groups in total. The Balaban J connectivity index is 1.49. The average Bonchev–Trinajstić information content (AvgIpc) is 2.69. The monoisotopic (exact) mass is 343 g/mol. The number of hydrogen-bond acceptors (Lipinski definition) is 3. The summed E-state index contributed by atoms with van der Waals surface area (Å²) in [5, 5.41) is 20.8. The Labute approximate surface area is 154 Å². The van der Waals surface area contributed by atoms with Gasteiger partial charge in [0.2, 0.25) is 5.91 Å². The van der Waals surface area contributed by atoms with Crippen molar-refractivity contribution in [1.29, 1.82) is 10.5 Å². The minimum atomic E-state index is 0.0321. The number of anilines is 1. The van der Waals surface area contributed by atoms with Crippen molar-refractivity contribution in [1.82, 2.24) is 0 Å². The van der Waals surface area contributed by atoms with Gasteiger partial charge in [-0.3, -0.25) is 4.79 Å². The predicted molar refractivity (Wildman–Crippen MR) is 100 cm³/mol. The third-order valence-corrected chi connectivity index (χ3v) is 5.11. The second-order valence-electron chi connectivity index (χ2n) is 6.90. The molecule has 130 valence electrons. The summed E-state index contributed by atoms with van der Waals surface area (Å²) in [6, 6.07) is 19.1. The molecular weight excluding hydrogens is 322 g/mol. The van der Waals surface area contributed by atoms with Crippen molar-refractivity contribution in [2.24, 2.45) is 5.92 Å². The molecule has 1 amide bonds. The van der Waals surface area contributed by atoms with Crippen LogP contribution >= 0.6 is 0 Å². The van der Waals surface area contributed by atoms with Crippen molar-refractivity contribution in [2.75, 3.05) is 5.32 Å². The Hall–Kier alpha value is -3.11. The number of nitrogens with one attached hydrogen (secondary N) is 1. The molecule has 0 aromatic heterocycles. The van der Waals surface area contributed by atoms with E-state index in [1.807, 2.05) is 18.2 Å². The molecule has 0 unspecified atom stereocenters. The molecule has 26 heavy (non-hydrogen) atoms. The molecule has 2 aromatic carbocycles. The molecule has 1 saturated carbocycles. The Morgan fingerprint density at radius 3 is 2.31 bits per heavy atom. The minimum absolute atomic E-state index is 0.0321. The number of nitrogens with zero attached hydrogens (tertiary/aromatic N) is 2. The summed E-state index contributed by atoms with van der Waals surface area (Å²) in [6.45, 7) is 0. The number of carbonyl (C=O) groups is 1. The zero-order valence-electron chi connectivity index (χ0n) is 14.6. The van der Waals surface area contributed by atoms with Crippen LogP contribution in [0, 0.1) is 28.6 Å². The molecule has 0 saturated heterocycles. The van der Waals surface area contributed by atoms with Gasteiger partial charge in [-0.2, -0.15) is 10.5 Å². The van der Waals surface area contributed by atoms with E-state index < -0.39 is 0 Å². The summed E-state index contributed by atoms with van der Waals surface area (Å²) in [5.41, 5.74) is 3.27. The van der Waals surface area contributed by atoms with Crippen molar-refractivity contribution in [2.45, 2.75) is 38.0 Å². The Bertz CT molecular complexity index is 850. The maximum atomic E-state index is 12.3. The molecule has 2 aromatic rings. The van der Waals surface area contributed by atoms with E-state index in [9.17, 15) is 4.79 Å². The first kappa shape index (κ1) is 17.7. The van der Waals surface area contributed by atoms with Gasteiger partial charge >= 0.3 is 0 Å². The SMILES string of the molecule is N#Cc1ccc(NC(=O)CC2CCC(c3cccc(C#N)c3)CC2)cc1. The molecule has 0 heterocycles. The summed E-state index contributed by atoms with van der Waals surface area (Å²) in [4.78, 5) is 12.3. The van der Waals surface area contributed by atoms with E-state index in [2.05, 4.69) is 23.5 Å². The van der Waals surface area contributed by atoms with Gasteiger partial charge in [0.05, 0.1) is 23.3 Å². The van der Waals surface area contributed by atoms with Crippen molar-refractivity contribution >= 4 is 11.6 Å². The maximum Gasteiger partial charge on any atom is 0.224 e. The molecular formula is C22H21N3O. The van der Waals surface area contributed by atoms with Crippen molar-refractivity contribution in [3.63, 3.8) is 0 Å². The Kier molecular flexibility index (Phi) is 5.66. The van der Waals surface area contributed by atoms with E-state index >= 15 is 0 Å². The number of hydrogen-bond donors (Lipinski definition) is 1. The molecule has 3 rings (SSSR count). The molecule has 1 fully saturated rings. The standard InChI is InChI=1S/C22H21N3O/c23-14-17-6-10-21(11-7-17)25-22(26)13-16-4-8-19(9-5-16)20-3-1-2-18(12-20)15-24/h1-3,6-7,10-12,16,19H,4-5,8-9,13H2,(H,25,26). The lowest BCUT2D eigenvalue weighted by atomic mass is 9.77. The van der Waals surface area contributed by atoms with Gasteiger partial charge in [0, 0.05) is 12.1 Å². The second-order valence-corrected chi connectivity index (χ2v) is 6.90. The fourth-order valence-corrected chi connectivity index (χ4v) is 3.66. The number of benzene rings is 2. The zero-order chi connectivity index (χ0) is 18.4. The summed E-state index contributed by atoms with van der Waals surface area (Å²) < 4.78 is 0. The number of amides is 1. The molecule has 1 aliphatic carbocycles. The third-order valence-electron chi connectivity index (χ3n) is 5.11. The van der Waals surface area contributed by atoms with Crippen LogP contribution < -0.4 is 5.32 Å². The topological polar surface area (TPSA) is 76.7 Å². The Morgan fingerprint density at radius 2 is 1.65 bits per heavy atom. The van der Waals surface area contributed by atoms with Gasteiger partial charge < -0.3 is 5.32 Å². The molecule has 0 radical (unpaired) electrons. The van der Waals surface area contributed by atoms with Gasteiger partial charge in [0.25, 0.3) is 0 Å². The molecule has 0 aliphatic heterocycles. The van der Waals surface area contributed by atoms with Crippen LogP contribution in [-0.2, 0) is 4.79 Å². The number of rotatable bonds is 4. The van der Waals surface area contributed by atoms with E-state index in [1.54, 1.807) is 24.3 Å². The van der Waals surface area contributed by atoms with Crippen LogP contribution in [0.5, 0.6) is 0 Å². The third kappa shape index (κ3) is 4.49. The van der Waals surface area contributed by atoms with Gasteiger partial charge in [-0.1, -0.05) is 12.1 Å². The lowest BCUT2D eigenvalue weighted by molar-refractivity contribution is -0.117. The predicted octanol–water partition coefficient (Wildman–Crippen LogP) is 4.73. The quantitative estimate of drug-likeness (QED) is 0.871. The highest BCUT2D eigenvalue weighted by Crippen LogP contribution is 2.37. The van der Waals surface area contributed by atoms with Crippen LogP contribution in [0.1, 0.15) is 54.7 Å². The number of carbonyl (C=O) groups excluding carboxylic acids is 1. The highest BCUT2D eigenvalue weighted by molar-refractivity contribution is 5.90. The molecule has 4 heteroatoms. The van der Waals surface area contributed by atoms with E-state index in [1.165, 1.54) is 5.56 Å². The van der Waals surface area contributed by atoms with Crippen molar-refractivity contribution in [3.8, 4) is 12.1 Å². The summed E-state index contributed by atoms with van der Waals surface area (Å²) >= 11 is 0. The van der Waals surface area contributed by atoms with Gasteiger partial charge in [0.1, 0.15) is 0 Å². The van der Waals surface area contributed by atoms with E-state index in [0.29, 0.717) is 29.4 Å². The van der Waals surface area contributed by atoms with Gasteiger partial charge in [-0.25, -0.2) is 0 Å². The molecule has 0 spiro atoms. The van der Waals surface area contributed by atoms with E-state index in [4.69, 9.17) is 10.5 Å². The van der Waals surface area contributed by atoms with E-state index in [0.717, 1.165) is 31.4 Å². The first-order valence-electron chi connectivity index (χ1n) is 8.98. The maximum absolute atomic E-state index is 12.3. The molecule has 0 bridgehead atoms. The summed E-state index contributed by atoms with van der Waals surface area (Å²) in [5.74, 6) is 0.926. The van der Waals surface area contributed by atoms with Gasteiger partial charge in [0.15, 0.2) is 0 Å². The average molecular weight is 343 g/mol. The lowest BCUT2D eigenvalue weighted by Gasteiger charge is -2.28. The van der Waals surface area contributed by atoms with Crippen LogP contribution in [0.3, 0.4) is 0 Å². The van der Waals surface area contributed by atoms with E-state index in [-0.39, 0.29) is 5.91 Å². The second kappa shape index (κ2) is 8.32. The fraction of sp³-hybridized carbons (Fsp3) is 0.318. The largest absolute Gasteiger partial charge is 0.326 e. The van der Waals surface area contributed by atoms with Crippen molar-refractivity contribution in [3.05, 3.63) is 65.2 Å². The normalized spacial score (nSPS) is 19.2. The highest BCUT2D eigenvalue weighted by Gasteiger charge is 2.24. The number of nitriles is 2. The van der Waals surface area contributed by atoms with Gasteiger partial charge in [-0.15, -0.1) is 0 Å². The molecule has 4 nitrogen and oxygen atoms in total. The lowest BCUT2D eigenvalue weighted by Crippen LogP contribution is -2.20. The molecule has 1 aliphatic rings. The smallest absolute Gasteiger partial charge is 0.224 e.